The second-order valence-electron chi connectivity index (χ2n) is 5.37. The lowest BCUT2D eigenvalue weighted by Crippen LogP contribution is -2.47. The van der Waals surface area contributed by atoms with E-state index in [1.165, 1.54) is 6.42 Å². The minimum atomic E-state index is 0.0497. The molecule has 0 bridgehead atoms. The molecule has 0 aromatic heterocycles. The lowest BCUT2D eigenvalue weighted by molar-refractivity contribution is 0.139. The average Bonchev–Trinajstić information content (AvgIpc) is 2.90. The van der Waals surface area contributed by atoms with Gasteiger partial charge in [0.1, 0.15) is 0 Å². The second kappa shape index (κ2) is 8.00. The van der Waals surface area contributed by atoms with E-state index in [2.05, 4.69) is 32.2 Å². The molecule has 114 valence electrons. The number of halogens is 1. The Morgan fingerprint density at radius 1 is 1.55 bits per heavy atom. The third kappa shape index (κ3) is 4.46. The predicted molar refractivity (Wildman–Crippen MR) is 83.1 cm³/mol. The maximum atomic E-state index is 12.1. The van der Waals surface area contributed by atoms with Gasteiger partial charge in [-0.2, -0.15) is 0 Å². The largest absolute Gasteiger partial charge is 0.383 e. The number of nitrogens with zero attached hydrogens (tertiary/aromatic N) is 2. The lowest BCUT2D eigenvalue weighted by atomic mass is 10.2. The number of hydrogen-bond donors (Lipinski definition) is 1. The molecule has 20 heavy (non-hydrogen) atoms. The number of ether oxygens (including phenoxy) is 1. The Hall–Kier alpha value is -0.590. The van der Waals surface area contributed by atoms with Gasteiger partial charge in [-0.1, -0.05) is 22.0 Å². The predicted octanol–water partition coefficient (Wildman–Crippen LogP) is 1.79. The van der Waals surface area contributed by atoms with E-state index in [0.29, 0.717) is 12.6 Å². The average molecular weight is 346 g/mol. The van der Waals surface area contributed by atoms with Crippen LogP contribution >= 0.6 is 15.9 Å². The van der Waals surface area contributed by atoms with E-state index >= 15 is 0 Å². The van der Waals surface area contributed by atoms with Crippen molar-refractivity contribution in [3.63, 3.8) is 0 Å². The molecule has 2 aliphatic rings. The summed E-state index contributed by atoms with van der Waals surface area (Å²) in [5.41, 5.74) is 0. The zero-order valence-electron chi connectivity index (χ0n) is 12.1. The van der Waals surface area contributed by atoms with Crippen molar-refractivity contribution in [2.75, 3.05) is 46.4 Å². The summed E-state index contributed by atoms with van der Waals surface area (Å²) in [6.07, 6.45) is 5.43. The highest BCUT2D eigenvalue weighted by atomic mass is 79.9. The van der Waals surface area contributed by atoms with Crippen molar-refractivity contribution < 1.29 is 9.53 Å². The highest BCUT2D eigenvalue weighted by Gasteiger charge is 2.25. The van der Waals surface area contributed by atoms with Gasteiger partial charge in [0, 0.05) is 37.3 Å². The monoisotopic (exact) mass is 345 g/mol. The minimum absolute atomic E-state index is 0.0497. The van der Waals surface area contributed by atoms with Crippen LogP contribution in [0.1, 0.15) is 19.3 Å². The molecular formula is C14H24BrN3O2. The third-order valence-electron chi connectivity index (χ3n) is 3.96. The van der Waals surface area contributed by atoms with Crippen molar-refractivity contribution in [1.82, 2.24) is 15.1 Å². The number of rotatable bonds is 5. The highest BCUT2D eigenvalue weighted by Crippen LogP contribution is 2.17. The summed E-state index contributed by atoms with van der Waals surface area (Å²) in [6.45, 7) is 5.05. The molecule has 0 aliphatic carbocycles. The van der Waals surface area contributed by atoms with Crippen LogP contribution in [0.4, 0.5) is 4.79 Å². The lowest BCUT2D eigenvalue weighted by Gasteiger charge is -2.28. The molecule has 0 saturated carbocycles. The van der Waals surface area contributed by atoms with Gasteiger partial charge in [0.05, 0.1) is 13.2 Å². The van der Waals surface area contributed by atoms with Crippen molar-refractivity contribution >= 4 is 22.0 Å². The molecule has 0 radical (unpaired) electrons. The van der Waals surface area contributed by atoms with Gasteiger partial charge in [-0.25, -0.2) is 4.79 Å². The van der Waals surface area contributed by atoms with Crippen LogP contribution in [0.2, 0.25) is 0 Å². The number of hydrogen-bond acceptors (Lipinski definition) is 3. The Morgan fingerprint density at radius 2 is 2.40 bits per heavy atom. The number of methoxy groups -OCH3 is 1. The molecule has 2 aliphatic heterocycles. The molecule has 1 fully saturated rings. The van der Waals surface area contributed by atoms with E-state index in [9.17, 15) is 4.79 Å². The zero-order valence-corrected chi connectivity index (χ0v) is 13.7. The number of urea groups is 1. The summed E-state index contributed by atoms with van der Waals surface area (Å²) in [6, 6.07) is 0.506. The molecule has 0 spiro atoms. The van der Waals surface area contributed by atoms with Crippen molar-refractivity contribution in [1.29, 1.82) is 0 Å². The molecule has 0 unspecified atom stereocenters. The fraction of sp³-hybridized carbons (Fsp3) is 0.786. The Labute approximate surface area is 129 Å². The molecule has 1 saturated heterocycles. The first-order valence-corrected chi connectivity index (χ1v) is 8.10. The van der Waals surface area contributed by atoms with Crippen molar-refractivity contribution in [3.8, 4) is 0 Å². The number of likely N-dealkylation sites (tertiary alicyclic amines) is 1. The summed E-state index contributed by atoms with van der Waals surface area (Å²) in [5.74, 6) is 0. The van der Waals surface area contributed by atoms with Crippen LogP contribution in [0.15, 0.2) is 10.6 Å². The van der Waals surface area contributed by atoms with Crippen LogP contribution in [0.25, 0.3) is 0 Å². The van der Waals surface area contributed by atoms with Gasteiger partial charge < -0.3 is 15.0 Å². The molecule has 0 aromatic rings. The molecule has 5 nitrogen and oxygen atoms in total. The van der Waals surface area contributed by atoms with E-state index < -0.39 is 0 Å². The topological polar surface area (TPSA) is 44.8 Å². The number of amides is 2. The van der Waals surface area contributed by atoms with E-state index in [1.54, 1.807) is 7.11 Å². The van der Waals surface area contributed by atoms with Gasteiger partial charge in [-0.15, -0.1) is 0 Å². The van der Waals surface area contributed by atoms with Crippen LogP contribution in [-0.2, 0) is 4.74 Å². The first-order chi connectivity index (χ1) is 9.70. The minimum Gasteiger partial charge on any atom is -0.383 e. The number of nitrogens with one attached hydrogen (secondary N) is 1. The molecule has 1 N–H and O–H groups in total. The van der Waals surface area contributed by atoms with Crippen LogP contribution in [0.5, 0.6) is 0 Å². The summed E-state index contributed by atoms with van der Waals surface area (Å²) in [4.78, 5) is 16.4. The first kappa shape index (κ1) is 15.8. The smallest absolute Gasteiger partial charge is 0.317 e. The van der Waals surface area contributed by atoms with Crippen LogP contribution in [0, 0.1) is 0 Å². The molecule has 0 aromatic carbocycles. The fourth-order valence-electron chi connectivity index (χ4n) is 2.82. The molecule has 6 heteroatoms. The number of carbonyl (C=O) groups is 1. The van der Waals surface area contributed by atoms with Crippen molar-refractivity contribution in [2.24, 2.45) is 0 Å². The van der Waals surface area contributed by atoms with E-state index in [0.717, 1.165) is 50.1 Å². The van der Waals surface area contributed by atoms with Crippen LogP contribution in [0.3, 0.4) is 0 Å². The summed E-state index contributed by atoms with van der Waals surface area (Å²) in [7, 11) is 1.73. The number of carbonyl (C=O) groups excluding carboxylic acids is 1. The van der Waals surface area contributed by atoms with Gasteiger partial charge in [-0.05, 0) is 25.8 Å². The van der Waals surface area contributed by atoms with Gasteiger partial charge in [0.25, 0.3) is 0 Å². The van der Waals surface area contributed by atoms with Gasteiger partial charge in [-0.3, -0.25) is 4.90 Å². The van der Waals surface area contributed by atoms with E-state index in [4.69, 9.17) is 4.74 Å². The quantitative estimate of drug-likeness (QED) is 0.826. The van der Waals surface area contributed by atoms with E-state index in [-0.39, 0.29) is 6.03 Å². The van der Waals surface area contributed by atoms with Gasteiger partial charge in [0.2, 0.25) is 0 Å². The fourth-order valence-corrected chi connectivity index (χ4v) is 3.35. The molecule has 2 heterocycles. The van der Waals surface area contributed by atoms with Gasteiger partial charge in [0.15, 0.2) is 0 Å². The molecule has 1 atom stereocenters. The molecule has 2 rings (SSSR count). The standard InChI is InChI=1S/C14H24BrN3O2/c1-20-9-8-17-6-3-5-13(17)10-16-14(19)18-7-2-4-12(15)11-18/h4,13H,2-3,5-11H2,1H3,(H,16,19)/t13-/m0/s1. The van der Waals surface area contributed by atoms with E-state index in [1.807, 2.05) is 4.90 Å². The summed E-state index contributed by atoms with van der Waals surface area (Å²) in [5, 5.41) is 3.08. The van der Waals surface area contributed by atoms with Crippen molar-refractivity contribution in [2.45, 2.75) is 25.3 Å². The Morgan fingerprint density at radius 3 is 3.15 bits per heavy atom. The SMILES string of the molecule is COCCN1CCC[C@H]1CNC(=O)N1CCC=C(Br)C1. The maximum absolute atomic E-state index is 12.1. The zero-order chi connectivity index (χ0) is 14.4. The normalized spacial score (nSPS) is 23.8. The van der Waals surface area contributed by atoms with Crippen molar-refractivity contribution in [3.05, 3.63) is 10.6 Å². The third-order valence-corrected chi connectivity index (χ3v) is 4.54. The van der Waals surface area contributed by atoms with Crippen LogP contribution in [-0.4, -0.2) is 68.3 Å². The summed E-state index contributed by atoms with van der Waals surface area (Å²) < 4.78 is 6.23. The Bertz CT molecular complexity index is 362. The first-order valence-electron chi connectivity index (χ1n) is 7.31. The maximum Gasteiger partial charge on any atom is 0.317 e. The molecular weight excluding hydrogens is 322 g/mol. The molecule has 2 amide bonds. The van der Waals surface area contributed by atoms with Gasteiger partial charge >= 0.3 is 6.03 Å². The van der Waals surface area contributed by atoms with Crippen LogP contribution < -0.4 is 5.32 Å². The Balaban J connectivity index is 1.73. The summed E-state index contributed by atoms with van der Waals surface area (Å²) >= 11 is 3.47. The second-order valence-corrected chi connectivity index (χ2v) is 6.39. The highest BCUT2D eigenvalue weighted by molar-refractivity contribution is 9.11. The Kier molecular flexibility index (Phi) is 6.32.